The topological polar surface area (TPSA) is 35.8 Å². The zero-order valence-corrected chi connectivity index (χ0v) is 10.2. The fourth-order valence-electron chi connectivity index (χ4n) is 1.48. The van der Waals surface area contributed by atoms with Crippen LogP contribution in [-0.2, 0) is 0 Å². The van der Waals surface area contributed by atoms with Gasteiger partial charge in [0.05, 0.1) is 11.6 Å². The average molecular weight is 224 g/mol. The molecule has 1 aromatic carbocycles. The second kappa shape index (κ2) is 6.34. The first kappa shape index (κ1) is 12.8. The van der Waals surface area contributed by atoms with Gasteiger partial charge in [-0.25, -0.2) is 0 Å². The molecule has 0 aromatic heterocycles. The van der Waals surface area contributed by atoms with E-state index in [-0.39, 0.29) is 0 Å². The van der Waals surface area contributed by atoms with Crippen LogP contribution >= 0.6 is 0 Å². The van der Waals surface area contributed by atoms with Crippen LogP contribution in [0.2, 0.25) is 0 Å². The number of anilines is 1. The van der Waals surface area contributed by atoms with Crippen LogP contribution in [0.15, 0.2) is 48.7 Å². The zero-order valence-electron chi connectivity index (χ0n) is 10.2. The summed E-state index contributed by atoms with van der Waals surface area (Å²) in [5, 5.41) is 12.1. The SMILES string of the molecule is C=C(/C=C\C)Nc1ccc(C#N)cc1/C=C/C. The quantitative estimate of drug-likeness (QED) is 0.782. The summed E-state index contributed by atoms with van der Waals surface area (Å²) in [7, 11) is 0. The Hall–Kier alpha value is -2.27. The smallest absolute Gasteiger partial charge is 0.0991 e. The van der Waals surface area contributed by atoms with E-state index in [1.807, 2.05) is 50.3 Å². The van der Waals surface area contributed by atoms with E-state index < -0.39 is 0 Å². The van der Waals surface area contributed by atoms with Crippen molar-refractivity contribution in [3.05, 3.63) is 59.8 Å². The second-order valence-corrected chi connectivity index (χ2v) is 3.56. The third kappa shape index (κ3) is 3.66. The summed E-state index contributed by atoms with van der Waals surface area (Å²) in [6.07, 6.45) is 7.73. The zero-order chi connectivity index (χ0) is 12.7. The number of benzene rings is 1. The molecule has 0 aliphatic carbocycles. The minimum absolute atomic E-state index is 0.653. The Morgan fingerprint density at radius 3 is 2.71 bits per heavy atom. The lowest BCUT2D eigenvalue weighted by atomic mass is 10.1. The fourth-order valence-corrected chi connectivity index (χ4v) is 1.48. The van der Waals surface area contributed by atoms with Crippen molar-refractivity contribution in [3.63, 3.8) is 0 Å². The maximum Gasteiger partial charge on any atom is 0.0991 e. The monoisotopic (exact) mass is 224 g/mol. The van der Waals surface area contributed by atoms with Gasteiger partial charge < -0.3 is 5.32 Å². The third-order valence-electron chi connectivity index (χ3n) is 2.19. The number of rotatable bonds is 4. The maximum absolute atomic E-state index is 8.86. The molecule has 1 rings (SSSR count). The van der Waals surface area contributed by atoms with Crippen LogP contribution in [0, 0.1) is 11.3 Å². The Bertz CT molecular complexity index is 502. The first-order chi connectivity index (χ1) is 8.21. The molecule has 0 fully saturated rings. The van der Waals surface area contributed by atoms with Crippen LogP contribution in [0.4, 0.5) is 5.69 Å². The lowest BCUT2D eigenvalue weighted by Gasteiger charge is -2.09. The number of nitriles is 1. The predicted molar refractivity (Wildman–Crippen MR) is 73.4 cm³/mol. The van der Waals surface area contributed by atoms with Crippen molar-refractivity contribution in [2.45, 2.75) is 13.8 Å². The van der Waals surface area contributed by atoms with Gasteiger partial charge in [0.15, 0.2) is 0 Å². The fraction of sp³-hybridized carbons (Fsp3) is 0.133. The number of nitrogens with zero attached hydrogens (tertiary/aromatic N) is 1. The van der Waals surface area contributed by atoms with E-state index in [1.165, 1.54) is 0 Å². The molecule has 0 unspecified atom stereocenters. The normalized spacial score (nSPS) is 10.6. The van der Waals surface area contributed by atoms with Gasteiger partial charge in [-0.1, -0.05) is 24.8 Å². The van der Waals surface area contributed by atoms with E-state index in [1.54, 1.807) is 6.07 Å². The molecule has 0 aliphatic rings. The summed E-state index contributed by atoms with van der Waals surface area (Å²) < 4.78 is 0. The summed E-state index contributed by atoms with van der Waals surface area (Å²) in [5.41, 5.74) is 3.41. The third-order valence-corrected chi connectivity index (χ3v) is 2.19. The largest absolute Gasteiger partial charge is 0.356 e. The molecule has 0 amide bonds. The molecule has 0 atom stereocenters. The minimum Gasteiger partial charge on any atom is -0.356 e. The van der Waals surface area contributed by atoms with Crippen molar-refractivity contribution in [1.82, 2.24) is 0 Å². The Morgan fingerprint density at radius 2 is 2.12 bits per heavy atom. The summed E-state index contributed by atoms with van der Waals surface area (Å²) in [6, 6.07) is 7.67. The molecular formula is C15H16N2. The number of nitrogens with one attached hydrogen (secondary N) is 1. The molecule has 0 radical (unpaired) electrons. The van der Waals surface area contributed by atoms with E-state index in [4.69, 9.17) is 5.26 Å². The summed E-state index contributed by atoms with van der Waals surface area (Å²) in [5.74, 6) is 0. The first-order valence-electron chi connectivity index (χ1n) is 5.46. The molecule has 0 saturated carbocycles. The molecule has 17 heavy (non-hydrogen) atoms. The van der Waals surface area contributed by atoms with Crippen molar-refractivity contribution in [2.24, 2.45) is 0 Å². The van der Waals surface area contributed by atoms with Crippen LogP contribution < -0.4 is 5.32 Å². The molecule has 86 valence electrons. The molecular weight excluding hydrogens is 208 g/mol. The Balaban J connectivity index is 3.07. The van der Waals surface area contributed by atoms with Crippen LogP contribution in [0.1, 0.15) is 25.0 Å². The molecule has 0 aliphatic heterocycles. The standard InChI is InChI=1S/C15H16N2/c1-4-6-12(3)17-15-9-8-13(11-16)10-14(15)7-5-2/h4-10,17H,3H2,1-2H3/b6-4-,7-5+. The summed E-state index contributed by atoms with van der Waals surface area (Å²) in [6.45, 7) is 7.79. The van der Waals surface area contributed by atoms with Crippen molar-refractivity contribution in [3.8, 4) is 6.07 Å². The first-order valence-corrected chi connectivity index (χ1v) is 5.46. The molecule has 0 bridgehead atoms. The van der Waals surface area contributed by atoms with Gasteiger partial charge in [0.2, 0.25) is 0 Å². The molecule has 2 heteroatoms. The van der Waals surface area contributed by atoms with Crippen LogP contribution in [-0.4, -0.2) is 0 Å². The van der Waals surface area contributed by atoms with Gasteiger partial charge >= 0.3 is 0 Å². The molecule has 0 saturated heterocycles. The van der Waals surface area contributed by atoms with Gasteiger partial charge in [0.1, 0.15) is 0 Å². The number of hydrogen-bond donors (Lipinski definition) is 1. The Kier molecular flexibility index (Phi) is 4.77. The highest BCUT2D eigenvalue weighted by atomic mass is 14.9. The van der Waals surface area contributed by atoms with E-state index in [0.717, 1.165) is 16.9 Å². The Labute approximate surface area is 103 Å². The molecule has 1 aromatic rings. The lowest BCUT2D eigenvalue weighted by molar-refractivity contribution is 1.44. The lowest BCUT2D eigenvalue weighted by Crippen LogP contribution is -1.97. The highest BCUT2D eigenvalue weighted by Gasteiger charge is 2.01. The minimum atomic E-state index is 0.653. The predicted octanol–water partition coefficient (Wildman–Crippen LogP) is 4.09. The van der Waals surface area contributed by atoms with Crippen molar-refractivity contribution in [1.29, 1.82) is 5.26 Å². The van der Waals surface area contributed by atoms with Gasteiger partial charge in [0.25, 0.3) is 0 Å². The van der Waals surface area contributed by atoms with Crippen LogP contribution in [0.5, 0.6) is 0 Å². The van der Waals surface area contributed by atoms with Gasteiger partial charge in [-0.05, 0) is 43.7 Å². The highest BCUT2D eigenvalue weighted by molar-refractivity contribution is 5.70. The van der Waals surface area contributed by atoms with Crippen molar-refractivity contribution < 1.29 is 0 Å². The maximum atomic E-state index is 8.86. The molecule has 2 nitrogen and oxygen atoms in total. The van der Waals surface area contributed by atoms with E-state index in [9.17, 15) is 0 Å². The van der Waals surface area contributed by atoms with Gasteiger partial charge in [-0.15, -0.1) is 0 Å². The number of hydrogen-bond acceptors (Lipinski definition) is 2. The van der Waals surface area contributed by atoms with E-state index in [0.29, 0.717) is 5.56 Å². The second-order valence-electron chi connectivity index (χ2n) is 3.56. The van der Waals surface area contributed by atoms with Crippen LogP contribution in [0.3, 0.4) is 0 Å². The highest BCUT2D eigenvalue weighted by Crippen LogP contribution is 2.20. The van der Waals surface area contributed by atoms with Crippen molar-refractivity contribution >= 4 is 11.8 Å². The van der Waals surface area contributed by atoms with E-state index in [2.05, 4.69) is 18.0 Å². The average Bonchev–Trinajstić information content (AvgIpc) is 2.32. The summed E-state index contributed by atoms with van der Waals surface area (Å²) in [4.78, 5) is 0. The molecule has 0 heterocycles. The van der Waals surface area contributed by atoms with E-state index >= 15 is 0 Å². The van der Waals surface area contributed by atoms with Gasteiger partial charge in [-0.3, -0.25) is 0 Å². The summed E-state index contributed by atoms with van der Waals surface area (Å²) >= 11 is 0. The molecule has 1 N–H and O–H groups in total. The number of allylic oxidation sites excluding steroid dienone is 3. The Morgan fingerprint density at radius 1 is 1.35 bits per heavy atom. The van der Waals surface area contributed by atoms with Crippen LogP contribution in [0.25, 0.3) is 6.08 Å². The van der Waals surface area contributed by atoms with Gasteiger partial charge in [-0.2, -0.15) is 5.26 Å². The molecule has 0 spiro atoms. The van der Waals surface area contributed by atoms with Crippen molar-refractivity contribution in [2.75, 3.05) is 5.32 Å². The van der Waals surface area contributed by atoms with Gasteiger partial charge in [0, 0.05) is 11.4 Å².